The highest BCUT2D eigenvalue weighted by Crippen LogP contribution is 2.32. The lowest BCUT2D eigenvalue weighted by Crippen LogP contribution is -2.51. The van der Waals surface area contributed by atoms with E-state index in [-0.39, 0.29) is 48.2 Å². The summed E-state index contributed by atoms with van der Waals surface area (Å²) in [5.41, 5.74) is 1.37. The fraction of sp³-hybridized carbons (Fsp3) is 0.690. The van der Waals surface area contributed by atoms with Crippen LogP contribution in [0.3, 0.4) is 0 Å². The number of unbranched alkanes of at least 4 members (excludes halogenated alkanes) is 1. The van der Waals surface area contributed by atoms with Gasteiger partial charge in [0.1, 0.15) is 5.75 Å². The minimum Gasteiger partial charge on any atom is -0.497 e. The van der Waals surface area contributed by atoms with E-state index in [1.165, 1.54) is 0 Å². The molecule has 0 bridgehead atoms. The molecular formula is C29H46N4O5. The normalized spacial score (nSPS) is 20.1. The maximum absolute atomic E-state index is 13.7. The van der Waals surface area contributed by atoms with Gasteiger partial charge in [0, 0.05) is 37.8 Å². The zero-order valence-electron chi connectivity index (χ0n) is 23.4. The number of amides is 3. The summed E-state index contributed by atoms with van der Waals surface area (Å²) >= 11 is 0. The van der Waals surface area contributed by atoms with Crippen LogP contribution in [0.2, 0.25) is 0 Å². The van der Waals surface area contributed by atoms with Gasteiger partial charge in [-0.3, -0.25) is 14.4 Å². The van der Waals surface area contributed by atoms with Gasteiger partial charge in [-0.1, -0.05) is 27.2 Å². The third kappa shape index (κ3) is 8.70. The van der Waals surface area contributed by atoms with E-state index in [1.54, 1.807) is 13.2 Å². The van der Waals surface area contributed by atoms with Crippen molar-refractivity contribution in [2.75, 3.05) is 33.4 Å². The molecule has 4 N–H and O–H groups in total. The summed E-state index contributed by atoms with van der Waals surface area (Å²) in [5.74, 6) is 0.0942. The van der Waals surface area contributed by atoms with Crippen molar-refractivity contribution in [1.82, 2.24) is 20.9 Å². The maximum atomic E-state index is 13.7. The first-order chi connectivity index (χ1) is 18.2. The number of aliphatic hydroxyl groups is 1. The number of nitrogens with one attached hydrogen (secondary N) is 3. The summed E-state index contributed by atoms with van der Waals surface area (Å²) in [6, 6.07) is 5.34. The van der Waals surface area contributed by atoms with Crippen LogP contribution in [0.15, 0.2) is 18.2 Å². The first kappa shape index (κ1) is 29.9. The fourth-order valence-electron chi connectivity index (χ4n) is 5.08. The van der Waals surface area contributed by atoms with Gasteiger partial charge in [0.05, 0.1) is 31.6 Å². The van der Waals surface area contributed by atoms with E-state index in [1.807, 2.05) is 17.0 Å². The molecule has 3 amide bonds. The summed E-state index contributed by atoms with van der Waals surface area (Å²) in [4.78, 5) is 41.3. The number of piperidine rings is 1. The van der Waals surface area contributed by atoms with Crippen LogP contribution in [0.25, 0.3) is 0 Å². The van der Waals surface area contributed by atoms with E-state index in [0.29, 0.717) is 56.3 Å². The minimum absolute atomic E-state index is 0.0372. The van der Waals surface area contributed by atoms with E-state index >= 15 is 0 Å². The molecule has 38 heavy (non-hydrogen) atoms. The van der Waals surface area contributed by atoms with E-state index in [9.17, 15) is 19.5 Å². The number of hydrogen-bond acceptors (Lipinski definition) is 6. The first-order valence-corrected chi connectivity index (χ1v) is 14.1. The van der Waals surface area contributed by atoms with Crippen molar-refractivity contribution in [3.8, 4) is 5.75 Å². The second kappa shape index (κ2) is 14.5. The van der Waals surface area contributed by atoms with Gasteiger partial charge >= 0.3 is 0 Å². The predicted octanol–water partition coefficient (Wildman–Crippen LogP) is 2.47. The van der Waals surface area contributed by atoms with Gasteiger partial charge in [-0.2, -0.15) is 0 Å². The Morgan fingerprint density at radius 1 is 1.16 bits per heavy atom. The lowest BCUT2D eigenvalue weighted by Gasteiger charge is -2.33. The largest absolute Gasteiger partial charge is 0.497 e. The highest BCUT2D eigenvalue weighted by molar-refractivity contribution is 5.94. The maximum Gasteiger partial charge on any atom is 0.251 e. The lowest BCUT2D eigenvalue weighted by molar-refractivity contribution is -0.139. The van der Waals surface area contributed by atoms with Gasteiger partial charge in [-0.05, 0) is 61.8 Å². The number of benzene rings is 1. The van der Waals surface area contributed by atoms with Gasteiger partial charge in [0.2, 0.25) is 11.8 Å². The average Bonchev–Trinajstić information content (AvgIpc) is 3.76. The molecule has 1 aliphatic heterocycles. The zero-order chi connectivity index (χ0) is 27.7. The summed E-state index contributed by atoms with van der Waals surface area (Å²) in [6.07, 6.45) is 5.01. The fourth-order valence-corrected chi connectivity index (χ4v) is 5.08. The van der Waals surface area contributed by atoms with Crippen LogP contribution in [0, 0.1) is 17.8 Å². The molecule has 212 valence electrons. The highest BCUT2D eigenvalue weighted by atomic mass is 16.5. The Hall–Kier alpha value is -2.65. The summed E-state index contributed by atoms with van der Waals surface area (Å²) in [6.45, 7) is 8.16. The van der Waals surface area contributed by atoms with Crippen LogP contribution in [0.1, 0.15) is 75.2 Å². The Bertz CT molecular complexity index is 949. The Kier molecular flexibility index (Phi) is 11.4. The number of ether oxygens (including phenoxy) is 1. The molecule has 1 aromatic carbocycles. The predicted molar refractivity (Wildman–Crippen MR) is 147 cm³/mol. The second-order valence-electron chi connectivity index (χ2n) is 11.2. The third-order valence-corrected chi connectivity index (χ3v) is 7.30. The van der Waals surface area contributed by atoms with Gasteiger partial charge in [-0.25, -0.2) is 0 Å². The molecule has 1 aromatic rings. The molecule has 3 atom stereocenters. The first-order valence-electron chi connectivity index (χ1n) is 14.1. The van der Waals surface area contributed by atoms with Crippen LogP contribution in [-0.4, -0.2) is 73.2 Å². The number of aliphatic hydroxyl groups excluding tert-OH is 1. The van der Waals surface area contributed by atoms with E-state index in [4.69, 9.17) is 4.74 Å². The third-order valence-electron chi connectivity index (χ3n) is 7.30. The molecule has 2 fully saturated rings. The van der Waals surface area contributed by atoms with E-state index < -0.39 is 0 Å². The number of rotatable bonds is 14. The number of carbonyl (C=O) groups is 3. The molecule has 1 saturated heterocycles. The lowest BCUT2D eigenvalue weighted by atomic mass is 9.88. The van der Waals surface area contributed by atoms with E-state index in [0.717, 1.165) is 31.2 Å². The van der Waals surface area contributed by atoms with Crippen molar-refractivity contribution < 1.29 is 24.2 Å². The summed E-state index contributed by atoms with van der Waals surface area (Å²) in [7, 11) is 1.57. The minimum atomic E-state index is -0.324. The Balaban J connectivity index is 1.68. The molecule has 9 heteroatoms. The van der Waals surface area contributed by atoms with Crippen LogP contribution in [0.5, 0.6) is 5.75 Å². The topological polar surface area (TPSA) is 120 Å². The molecule has 0 aromatic heterocycles. The number of nitrogens with zero attached hydrogens (tertiary/aromatic N) is 1. The molecule has 1 aliphatic carbocycles. The SMILES string of the molecule is CCCCNC(=O)c1cc(CN(C(=O)[C@H]2CNC[C@@H](C(=O)NC(CO)CC(C)C)C2)C2CC2)cc(OC)c1. The zero-order valence-corrected chi connectivity index (χ0v) is 23.4. The molecule has 2 aliphatic rings. The molecule has 9 nitrogen and oxygen atoms in total. The Morgan fingerprint density at radius 3 is 2.53 bits per heavy atom. The van der Waals surface area contributed by atoms with E-state index in [2.05, 4.69) is 36.7 Å². The second-order valence-corrected chi connectivity index (χ2v) is 11.2. The van der Waals surface area contributed by atoms with Crippen molar-refractivity contribution in [2.24, 2.45) is 17.8 Å². The van der Waals surface area contributed by atoms with Crippen molar-refractivity contribution in [3.05, 3.63) is 29.3 Å². The van der Waals surface area contributed by atoms with Crippen molar-refractivity contribution in [1.29, 1.82) is 0 Å². The standard InChI is InChI=1S/C29H46N4O5/c1-5-6-9-31-27(35)21-11-20(12-26(14-21)38-4)17-33(25-7-8-25)29(37)23-13-22(15-30-16-23)28(36)32-24(18-34)10-19(2)3/h11-12,14,19,22-25,30,34H,5-10,13,15-18H2,1-4H3,(H,31,35)(H,32,36)/t22-,23+,24?/m0/s1. The number of hydrogen-bond donors (Lipinski definition) is 4. The van der Waals surface area contributed by atoms with Gasteiger partial charge in [-0.15, -0.1) is 0 Å². The molecule has 1 unspecified atom stereocenters. The molecule has 1 saturated carbocycles. The number of carbonyl (C=O) groups excluding carboxylic acids is 3. The Morgan fingerprint density at radius 2 is 1.89 bits per heavy atom. The van der Waals surface area contributed by atoms with Gasteiger partial charge < -0.3 is 30.7 Å². The van der Waals surface area contributed by atoms with Crippen LogP contribution < -0.4 is 20.7 Å². The van der Waals surface area contributed by atoms with Crippen LogP contribution >= 0.6 is 0 Å². The Labute approximate surface area is 227 Å². The monoisotopic (exact) mass is 530 g/mol. The van der Waals surface area contributed by atoms with Crippen molar-refractivity contribution >= 4 is 17.7 Å². The quantitative estimate of drug-likeness (QED) is 0.274. The molecule has 3 rings (SSSR count). The molecule has 0 spiro atoms. The van der Waals surface area contributed by atoms with Gasteiger partial charge in [0.15, 0.2) is 0 Å². The number of methoxy groups -OCH3 is 1. The molecular weight excluding hydrogens is 484 g/mol. The summed E-state index contributed by atoms with van der Waals surface area (Å²) < 4.78 is 5.46. The highest BCUT2D eigenvalue weighted by Gasteiger charge is 2.39. The molecule has 0 radical (unpaired) electrons. The molecule has 1 heterocycles. The average molecular weight is 531 g/mol. The van der Waals surface area contributed by atoms with Crippen molar-refractivity contribution in [3.63, 3.8) is 0 Å². The van der Waals surface area contributed by atoms with Crippen molar-refractivity contribution in [2.45, 2.75) is 77.9 Å². The smallest absolute Gasteiger partial charge is 0.251 e. The van der Waals surface area contributed by atoms with Crippen LogP contribution in [0.4, 0.5) is 0 Å². The van der Waals surface area contributed by atoms with Gasteiger partial charge in [0.25, 0.3) is 5.91 Å². The van der Waals surface area contributed by atoms with Crippen LogP contribution in [-0.2, 0) is 16.1 Å². The summed E-state index contributed by atoms with van der Waals surface area (Å²) in [5, 5.41) is 18.9.